The van der Waals surface area contributed by atoms with Crippen molar-refractivity contribution in [2.45, 2.75) is 38.1 Å². The molecule has 1 aliphatic carbocycles. The summed E-state index contributed by atoms with van der Waals surface area (Å²) in [4.78, 5) is 12.2. The Bertz CT molecular complexity index is 473. The monoisotopic (exact) mass is 296 g/mol. The molecule has 0 bridgehead atoms. The molecule has 4 N–H and O–H groups in total. The Kier molecular flexibility index (Phi) is 5.26. The van der Waals surface area contributed by atoms with Crippen molar-refractivity contribution < 1.29 is 9.90 Å². The van der Waals surface area contributed by atoms with E-state index in [0.717, 1.165) is 12.8 Å². The molecule has 1 atom stereocenters. The number of benzene rings is 1. The molecule has 2 rings (SSSR count). The summed E-state index contributed by atoms with van der Waals surface area (Å²) < 4.78 is 0. The van der Waals surface area contributed by atoms with Crippen LogP contribution in [-0.4, -0.2) is 23.6 Å². The van der Waals surface area contributed by atoms with Crippen molar-refractivity contribution in [3.63, 3.8) is 0 Å². The SMILES string of the molecule is NCC(NC(=O)c1cc(Cl)ccc1O)C1CCCCC1. The number of carbonyl (C=O) groups is 1. The molecule has 1 unspecified atom stereocenters. The topological polar surface area (TPSA) is 75.3 Å². The van der Waals surface area contributed by atoms with Gasteiger partial charge in [-0.15, -0.1) is 0 Å². The van der Waals surface area contributed by atoms with Gasteiger partial charge >= 0.3 is 0 Å². The lowest BCUT2D eigenvalue weighted by Gasteiger charge is -2.30. The van der Waals surface area contributed by atoms with Gasteiger partial charge in [0.05, 0.1) is 5.56 Å². The van der Waals surface area contributed by atoms with Gasteiger partial charge in [-0.3, -0.25) is 4.79 Å². The van der Waals surface area contributed by atoms with Gasteiger partial charge in [-0.05, 0) is 37.0 Å². The van der Waals surface area contributed by atoms with E-state index in [1.54, 1.807) is 6.07 Å². The van der Waals surface area contributed by atoms with E-state index in [2.05, 4.69) is 5.32 Å². The number of phenolic OH excluding ortho intramolecular Hbond substituents is 1. The van der Waals surface area contributed by atoms with E-state index in [0.29, 0.717) is 17.5 Å². The van der Waals surface area contributed by atoms with Crippen molar-refractivity contribution in [3.05, 3.63) is 28.8 Å². The maximum atomic E-state index is 12.2. The third-order valence-electron chi connectivity index (χ3n) is 3.99. The number of nitrogens with one attached hydrogen (secondary N) is 1. The van der Waals surface area contributed by atoms with Crippen molar-refractivity contribution >= 4 is 17.5 Å². The summed E-state index contributed by atoms with van der Waals surface area (Å²) in [5, 5.41) is 13.1. The van der Waals surface area contributed by atoms with E-state index < -0.39 is 0 Å². The van der Waals surface area contributed by atoms with Gasteiger partial charge in [-0.25, -0.2) is 0 Å². The van der Waals surface area contributed by atoms with E-state index in [1.807, 2.05) is 0 Å². The van der Waals surface area contributed by atoms with Crippen LogP contribution in [0.2, 0.25) is 5.02 Å². The van der Waals surface area contributed by atoms with Crippen LogP contribution in [0.1, 0.15) is 42.5 Å². The molecule has 0 aromatic heterocycles. The Morgan fingerprint density at radius 3 is 2.75 bits per heavy atom. The zero-order valence-electron chi connectivity index (χ0n) is 11.4. The second kappa shape index (κ2) is 6.95. The van der Waals surface area contributed by atoms with Gasteiger partial charge in [0.1, 0.15) is 5.75 Å². The minimum Gasteiger partial charge on any atom is -0.507 e. The molecule has 1 aliphatic rings. The maximum absolute atomic E-state index is 12.2. The molecule has 0 heterocycles. The van der Waals surface area contributed by atoms with Gasteiger partial charge in [0.15, 0.2) is 0 Å². The van der Waals surface area contributed by atoms with E-state index in [9.17, 15) is 9.90 Å². The molecule has 1 aromatic carbocycles. The van der Waals surface area contributed by atoms with Crippen LogP contribution in [0.25, 0.3) is 0 Å². The Labute approximate surface area is 124 Å². The largest absolute Gasteiger partial charge is 0.507 e. The molecule has 1 fully saturated rings. The van der Waals surface area contributed by atoms with Crippen molar-refractivity contribution in [2.75, 3.05) is 6.54 Å². The zero-order chi connectivity index (χ0) is 14.5. The number of rotatable bonds is 4. The summed E-state index contributed by atoms with van der Waals surface area (Å²) in [5.74, 6) is 0.0522. The van der Waals surface area contributed by atoms with Gasteiger partial charge in [0.2, 0.25) is 0 Å². The normalized spacial score (nSPS) is 17.7. The second-order valence-corrected chi connectivity index (χ2v) is 5.81. The molecule has 0 aliphatic heterocycles. The minimum atomic E-state index is -0.314. The lowest BCUT2D eigenvalue weighted by atomic mass is 9.84. The fourth-order valence-corrected chi connectivity index (χ4v) is 3.01. The van der Waals surface area contributed by atoms with Crippen molar-refractivity contribution in [1.29, 1.82) is 0 Å². The number of aromatic hydroxyl groups is 1. The average molecular weight is 297 g/mol. The van der Waals surface area contributed by atoms with Crippen molar-refractivity contribution in [3.8, 4) is 5.75 Å². The first-order valence-electron chi connectivity index (χ1n) is 7.11. The number of phenols is 1. The smallest absolute Gasteiger partial charge is 0.255 e. The molecule has 110 valence electrons. The fraction of sp³-hybridized carbons (Fsp3) is 0.533. The Balaban J connectivity index is 2.06. The van der Waals surface area contributed by atoms with Gasteiger partial charge in [0.25, 0.3) is 5.91 Å². The van der Waals surface area contributed by atoms with Crippen molar-refractivity contribution in [1.82, 2.24) is 5.32 Å². The van der Waals surface area contributed by atoms with E-state index in [4.69, 9.17) is 17.3 Å². The van der Waals surface area contributed by atoms with Gasteiger partial charge in [0, 0.05) is 17.6 Å². The fourth-order valence-electron chi connectivity index (χ4n) is 2.84. The van der Waals surface area contributed by atoms with Crippen molar-refractivity contribution in [2.24, 2.45) is 11.7 Å². The molecule has 1 saturated carbocycles. The van der Waals surface area contributed by atoms with Crippen LogP contribution in [0.3, 0.4) is 0 Å². The summed E-state index contributed by atoms with van der Waals surface area (Å²) >= 11 is 5.86. The summed E-state index contributed by atoms with van der Waals surface area (Å²) in [5.41, 5.74) is 6.00. The number of amides is 1. The first kappa shape index (κ1) is 15.1. The molecular formula is C15H21ClN2O2. The first-order chi connectivity index (χ1) is 9.61. The third-order valence-corrected chi connectivity index (χ3v) is 4.23. The van der Waals surface area contributed by atoms with Crippen LogP contribution >= 0.6 is 11.6 Å². The highest BCUT2D eigenvalue weighted by molar-refractivity contribution is 6.31. The summed E-state index contributed by atoms with van der Waals surface area (Å²) in [6.07, 6.45) is 5.85. The van der Waals surface area contributed by atoms with Crippen LogP contribution in [0.4, 0.5) is 0 Å². The summed E-state index contributed by atoms with van der Waals surface area (Å²) in [7, 11) is 0. The standard InChI is InChI=1S/C15H21ClN2O2/c16-11-6-7-14(19)12(8-11)15(20)18-13(9-17)10-4-2-1-3-5-10/h6-8,10,13,19H,1-5,9,17H2,(H,18,20). The summed E-state index contributed by atoms with van der Waals surface area (Å²) in [6, 6.07) is 4.41. The second-order valence-electron chi connectivity index (χ2n) is 5.38. The zero-order valence-corrected chi connectivity index (χ0v) is 12.2. The predicted molar refractivity (Wildman–Crippen MR) is 80.0 cm³/mol. The molecule has 0 saturated heterocycles. The average Bonchev–Trinajstić information content (AvgIpc) is 2.48. The molecule has 0 radical (unpaired) electrons. The van der Waals surface area contributed by atoms with E-state index in [-0.39, 0.29) is 23.3 Å². The van der Waals surface area contributed by atoms with Crippen LogP contribution < -0.4 is 11.1 Å². The quantitative estimate of drug-likeness (QED) is 0.799. The molecule has 20 heavy (non-hydrogen) atoms. The number of nitrogens with two attached hydrogens (primary N) is 1. The highest BCUT2D eigenvalue weighted by Gasteiger charge is 2.25. The Morgan fingerprint density at radius 2 is 2.10 bits per heavy atom. The first-order valence-corrected chi connectivity index (χ1v) is 7.49. The lowest BCUT2D eigenvalue weighted by molar-refractivity contribution is 0.0913. The minimum absolute atomic E-state index is 0.0406. The molecule has 1 amide bonds. The maximum Gasteiger partial charge on any atom is 0.255 e. The van der Waals surface area contributed by atoms with Crippen LogP contribution in [-0.2, 0) is 0 Å². The summed E-state index contributed by atoms with van der Waals surface area (Å²) in [6.45, 7) is 0.414. The van der Waals surface area contributed by atoms with Gasteiger partial charge in [-0.1, -0.05) is 30.9 Å². The van der Waals surface area contributed by atoms with Gasteiger partial charge in [-0.2, -0.15) is 0 Å². The predicted octanol–water partition coefficient (Wildman–Crippen LogP) is 2.68. The van der Waals surface area contributed by atoms with E-state index in [1.165, 1.54) is 31.4 Å². The number of halogens is 1. The number of carbonyl (C=O) groups excluding carboxylic acids is 1. The molecule has 0 spiro atoms. The van der Waals surface area contributed by atoms with Crippen LogP contribution in [0.5, 0.6) is 5.75 Å². The Morgan fingerprint density at radius 1 is 1.40 bits per heavy atom. The van der Waals surface area contributed by atoms with Crippen LogP contribution in [0, 0.1) is 5.92 Å². The number of hydrogen-bond donors (Lipinski definition) is 3. The van der Waals surface area contributed by atoms with Crippen LogP contribution in [0.15, 0.2) is 18.2 Å². The molecule has 4 nitrogen and oxygen atoms in total. The third kappa shape index (κ3) is 3.64. The molecule has 5 heteroatoms. The van der Waals surface area contributed by atoms with Gasteiger partial charge < -0.3 is 16.2 Å². The molecule has 1 aromatic rings. The number of hydrogen-bond acceptors (Lipinski definition) is 3. The molecular weight excluding hydrogens is 276 g/mol. The highest BCUT2D eigenvalue weighted by atomic mass is 35.5. The van der Waals surface area contributed by atoms with E-state index >= 15 is 0 Å². The highest BCUT2D eigenvalue weighted by Crippen LogP contribution is 2.27. The lowest BCUT2D eigenvalue weighted by Crippen LogP contribution is -2.45. The Hall–Kier alpha value is -1.26.